The molecule has 4 heteroatoms. The molecule has 2 rings (SSSR count). The van der Waals surface area contributed by atoms with E-state index in [0.717, 1.165) is 17.7 Å². The second-order valence-electron chi connectivity index (χ2n) is 4.70. The van der Waals surface area contributed by atoms with Crippen LogP contribution in [0.1, 0.15) is 28.4 Å². The van der Waals surface area contributed by atoms with Gasteiger partial charge in [-0.15, -0.1) is 0 Å². The van der Waals surface area contributed by atoms with Crippen molar-refractivity contribution in [3.63, 3.8) is 0 Å². The summed E-state index contributed by atoms with van der Waals surface area (Å²) in [5.74, 6) is 5.28. The molecule has 20 heavy (non-hydrogen) atoms. The molecule has 0 aromatic heterocycles. The fraction of sp³-hybridized carbons (Fsp3) is 0.188. The number of carbonyl (C=O) groups excluding carboxylic acids is 1. The van der Waals surface area contributed by atoms with Crippen LogP contribution in [0, 0.1) is 6.92 Å². The number of benzene rings is 2. The minimum absolute atomic E-state index is 0.179. The van der Waals surface area contributed by atoms with Gasteiger partial charge >= 0.3 is 0 Å². The van der Waals surface area contributed by atoms with E-state index in [1.165, 1.54) is 5.56 Å². The van der Waals surface area contributed by atoms with Crippen LogP contribution in [0.3, 0.4) is 0 Å². The highest BCUT2D eigenvalue weighted by molar-refractivity contribution is 6.08. The maximum Gasteiger partial charge on any atom is 0.257 e. The zero-order valence-corrected chi connectivity index (χ0v) is 11.7. The van der Waals surface area contributed by atoms with Gasteiger partial charge < -0.3 is 10.7 Å². The van der Waals surface area contributed by atoms with E-state index in [1.807, 2.05) is 43.3 Å². The van der Waals surface area contributed by atoms with Gasteiger partial charge in [-0.1, -0.05) is 25.1 Å². The first kappa shape index (κ1) is 14.1. The summed E-state index contributed by atoms with van der Waals surface area (Å²) in [6, 6.07) is 13.3. The Hall–Kier alpha value is -2.33. The maximum atomic E-state index is 12.3. The second-order valence-corrected chi connectivity index (χ2v) is 4.70. The van der Waals surface area contributed by atoms with E-state index in [0.29, 0.717) is 11.3 Å². The van der Waals surface area contributed by atoms with Crippen LogP contribution in [0.25, 0.3) is 0 Å². The molecule has 4 N–H and O–H groups in total. The number of aryl methyl sites for hydroxylation is 2. The average molecular weight is 269 g/mol. The molecule has 0 radical (unpaired) electrons. The van der Waals surface area contributed by atoms with Crippen LogP contribution in [0.4, 0.5) is 11.4 Å². The molecule has 2 aromatic carbocycles. The van der Waals surface area contributed by atoms with Crippen molar-refractivity contribution in [3.05, 3.63) is 59.2 Å². The third-order valence-electron chi connectivity index (χ3n) is 3.20. The Morgan fingerprint density at radius 3 is 2.45 bits per heavy atom. The highest BCUT2D eigenvalue weighted by Gasteiger charge is 2.11. The van der Waals surface area contributed by atoms with E-state index in [4.69, 9.17) is 5.84 Å². The fourth-order valence-corrected chi connectivity index (χ4v) is 2.00. The molecule has 4 nitrogen and oxygen atoms in total. The molecule has 0 aliphatic carbocycles. The van der Waals surface area contributed by atoms with Gasteiger partial charge in [-0.25, -0.2) is 0 Å². The van der Waals surface area contributed by atoms with Crippen LogP contribution >= 0.6 is 0 Å². The molecule has 0 aliphatic rings. The number of hydrogen-bond donors (Lipinski definition) is 3. The molecule has 0 atom stereocenters. The summed E-state index contributed by atoms with van der Waals surface area (Å²) in [6.45, 7) is 4.05. The van der Waals surface area contributed by atoms with Crippen LogP contribution in [-0.4, -0.2) is 5.91 Å². The van der Waals surface area contributed by atoms with Gasteiger partial charge in [0.2, 0.25) is 0 Å². The summed E-state index contributed by atoms with van der Waals surface area (Å²) >= 11 is 0. The minimum atomic E-state index is -0.179. The van der Waals surface area contributed by atoms with Crippen LogP contribution in [0.15, 0.2) is 42.5 Å². The molecule has 0 saturated carbocycles. The van der Waals surface area contributed by atoms with Crippen LogP contribution in [-0.2, 0) is 6.42 Å². The number of hydrazine groups is 1. The lowest BCUT2D eigenvalue weighted by Crippen LogP contribution is -2.17. The van der Waals surface area contributed by atoms with E-state index in [9.17, 15) is 4.79 Å². The van der Waals surface area contributed by atoms with Crippen molar-refractivity contribution in [2.24, 2.45) is 5.84 Å². The molecule has 0 unspecified atom stereocenters. The third-order valence-corrected chi connectivity index (χ3v) is 3.20. The standard InChI is InChI=1S/C16H19N3O/c1-3-12-5-7-13(8-6-12)18-16(20)14-9-4-11(2)10-15(14)19-17/h4-10,19H,3,17H2,1-2H3,(H,18,20). The first-order chi connectivity index (χ1) is 9.63. The number of nitrogen functional groups attached to an aromatic ring is 1. The van der Waals surface area contributed by atoms with E-state index in [-0.39, 0.29) is 5.91 Å². The number of nitrogens with one attached hydrogen (secondary N) is 2. The van der Waals surface area contributed by atoms with Gasteiger partial charge in [-0.05, 0) is 48.7 Å². The summed E-state index contributed by atoms with van der Waals surface area (Å²) in [4.78, 5) is 12.3. The molecule has 0 fully saturated rings. The van der Waals surface area contributed by atoms with Crippen LogP contribution < -0.4 is 16.6 Å². The van der Waals surface area contributed by atoms with Crippen molar-refractivity contribution in [2.45, 2.75) is 20.3 Å². The lowest BCUT2D eigenvalue weighted by Gasteiger charge is -2.11. The molecule has 0 saturated heterocycles. The number of amides is 1. The third kappa shape index (κ3) is 3.16. The van der Waals surface area contributed by atoms with Crippen molar-refractivity contribution >= 4 is 17.3 Å². The molecule has 104 valence electrons. The SMILES string of the molecule is CCc1ccc(NC(=O)c2ccc(C)cc2NN)cc1. The molecular formula is C16H19N3O. The Bertz CT molecular complexity index is 606. The molecular weight excluding hydrogens is 250 g/mol. The Balaban J connectivity index is 2.19. The van der Waals surface area contributed by atoms with Gasteiger partial charge in [0.05, 0.1) is 11.3 Å². The number of nitrogens with two attached hydrogens (primary N) is 1. The summed E-state index contributed by atoms with van der Waals surface area (Å²) in [7, 11) is 0. The Morgan fingerprint density at radius 2 is 1.85 bits per heavy atom. The normalized spacial score (nSPS) is 10.2. The smallest absolute Gasteiger partial charge is 0.257 e. The minimum Gasteiger partial charge on any atom is -0.323 e. The molecule has 0 bridgehead atoms. The molecule has 0 heterocycles. The van der Waals surface area contributed by atoms with Crippen molar-refractivity contribution < 1.29 is 4.79 Å². The van der Waals surface area contributed by atoms with E-state index < -0.39 is 0 Å². The summed E-state index contributed by atoms with van der Waals surface area (Å²) < 4.78 is 0. The Morgan fingerprint density at radius 1 is 1.15 bits per heavy atom. The predicted molar refractivity (Wildman–Crippen MR) is 82.8 cm³/mol. The van der Waals surface area contributed by atoms with E-state index in [1.54, 1.807) is 6.07 Å². The lowest BCUT2D eigenvalue weighted by molar-refractivity contribution is 0.102. The second kappa shape index (κ2) is 6.21. The van der Waals surface area contributed by atoms with E-state index >= 15 is 0 Å². The highest BCUT2D eigenvalue weighted by Crippen LogP contribution is 2.18. The van der Waals surface area contributed by atoms with Crippen molar-refractivity contribution in [1.29, 1.82) is 0 Å². The average Bonchev–Trinajstić information content (AvgIpc) is 2.47. The van der Waals surface area contributed by atoms with Gasteiger partial charge in [0.1, 0.15) is 0 Å². The number of rotatable bonds is 4. The lowest BCUT2D eigenvalue weighted by atomic mass is 10.1. The predicted octanol–water partition coefficient (Wildman–Crippen LogP) is 3.10. The van der Waals surface area contributed by atoms with Gasteiger partial charge in [-0.2, -0.15) is 0 Å². The van der Waals surface area contributed by atoms with Gasteiger partial charge in [0.15, 0.2) is 0 Å². The van der Waals surface area contributed by atoms with Crippen LogP contribution in [0.2, 0.25) is 0 Å². The number of hydrogen-bond acceptors (Lipinski definition) is 3. The summed E-state index contributed by atoms with van der Waals surface area (Å²) in [5.41, 5.74) is 6.76. The molecule has 0 spiro atoms. The highest BCUT2D eigenvalue weighted by atomic mass is 16.1. The van der Waals surface area contributed by atoms with Crippen molar-refractivity contribution in [1.82, 2.24) is 0 Å². The molecule has 1 amide bonds. The zero-order chi connectivity index (χ0) is 14.5. The topological polar surface area (TPSA) is 67.2 Å². The zero-order valence-electron chi connectivity index (χ0n) is 11.7. The first-order valence-electron chi connectivity index (χ1n) is 6.61. The Kier molecular flexibility index (Phi) is 4.38. The van der Waals surface area contributed by atoms with Gasteiger partial charge in [0.25, 0.3) is 5.91 Å². The summed E-state index contributed by atoms with van der Waals surface area (Å²) in [5, 5.41) is 2.87. The number of carbonyl (C=O) groups is 1. The first-order valence-corrected chi connectivity index (χ1v) is 6.61. The Labute approximate surface area is 119 Å². The van der Waals surface area contributed by atoms with Crippen molar-refractivity contribution in [3.8, 4) is 0 Å². The monoisotopic (exact) mass is 269 g/mol. The van der Waals surface area contributed by atoms with Gasteiger partial charge in [-0.3, -0.25) is 10.6 Å². The molecule has 0 aliphatic heterocycles. The maximum absolute atomic E-state index is 12.3. The van der Waals surface area contributed by atoms with Crippen molar-refractivity contribution in [2.75, 3.05) is 10.7 Å². The quantitative estimate of drug-likeness (QED) is 0.590. The number of anilines is 2. The largest absolute Gasteiger partial charge is 0.323 e. The fourth-order valence-electron chi connectivity index (χ4n) is 2.00. The van der Waals surface area contributed by atoms with Crippen LogP contribution in [0.5, 0.6) is 0 Å². The summed E-state index contributed by atoms with van der Waals surface area (Å²) in [6.07, 6.45) is 0.980. The van der Waals surface area contributed by atoms with Gasteiger partial charge in [0, 0.05) is 5.69 Å². The van der Waals surface area contributed by atoms with E-state index in [2.05, 4.69) is 17.7 Å². The molecule has 2 aromatic rings.